The van der Waals surface area contributed by atoms with Gasteiger partial charge in [0.25, 0.3) is 11.8 Å². The van der Waals surface area contributed by atoms with Crippen LogP contribution in [0.5, 0.6) is 0 Å². The summed E-state index contributed by atoms with van der Waals surface area (Å²) in [5.41, 5.74) is 4.71. The van der Waals surface area contributed by atoms with E-state index in [4.69, 9.17) is 12.2 Å². The van der Waals surface area contributed by atoms with Gasteiger partial charge >= 0.3 is 0 Å². The molecule has 4 N–H and O–H groups in total. The number of carbonyl (C=O) groups excluding carboxylic acids is 2. The largest absolute Gasteiger partial charge is 0.394 e. The van der Waals surface area contributed by atoms with Crippen LogP contribution in [-0.2, 0) is 4.79 Å². The molecule has 0 bridgehead atoms. The lowest BCUT2D eigenvalue weighted by molar-refractivity contribution is -0.126. The van der Waals surface area contributed by atoms with Crippen LogP contribution in [0.4, 0.5) is 0 Å². The van der Waals surface area contributed by atoms with Gasteiger partial charge in [-0.3, -0.25) is 14.9 Å². The van der Waals surface area contributed by atoms with Crippen LogP contribution in [0.2, 0.25) is 0 Å². The molecule has 0 spiro atoms. The number of hydrogen-bond acceptors (Lipinski definition) is 6. The van der Waals surface area contributed by atoms with Gasteiger partial charge in [-0.15, -0.1) is 0 Å². The van der Waals surface area contributed by atoms with Crippen LogP contribution in [0, 0.1) is 6.92 Å². The molecule has 8 nitrogen and oxygen atoms in total. The van der Waals surface area contributed by atoms with Gasteiger partial charge in [-0.1, -0.05) is 37.6 Å². The number of nitrogens with one attached hydrogen (secondary N) is 3. The fourth-order valence-corrected chi connectivity index (χ4v) is 2.54. The van der Waals surface area contributed by atoms with Crippen LogP contribution >= 0.6 is 12.2 Å². The maximum absolute atomic E-state index is 12.5. The average Bonchev–Trinajstić information content (AvgIpc) is 2.79. The lowest BCUT2D eigenvalue weighted by Gasteiger charge is -2.28. The van der Waals surface area contributed by atoms with Crippen molar-refractivity contribution in [2.45, 2.75) is 66.0 Å². The maximum Gasteiger partial charge on any atom is 0.274 e. The number of unbranched alkanes of at least 4 members (excludes halogenated alkanes) is 1. The number of hydrogen-bond donors (Lipinski definition) is 4. The molecule has 1 atom stereocenters. The monoisotopic (exact) mass is 491 g/mol. The number of thiocarbonyl (C=S) groups is 1. The third-order valence-corrected chi connectivity index (χ3v) is 4.81. The number of nitrogens with zero attached hydrogens (tertiary/aromatic N) is 2. The van der Waals surface area contributed by atoms with E-state index in [0.29, 0.717) is 17.2 Å². The van der Waals surface area contributed by atoms with Crippen molar-refractivity contribution in [2.75, 3.05) is 20.2 Å². The number of rotatable bonds is 9. The lowest BCUT2D eigenvalue weighted by Crippen LogP contribution is -2.45. The zero-order valence-corrected chi connectivity index (χ0v) is 22.4. The molecule has 2 amide bonds. The summed E-state index contributed by atoms with van der Waals surface area (Å²) < 4.78 is 0. The molecule has 1 unspecified atom stereocenters. The van der Waals surface area contributed by atoms with Crippen LogP contribution in [0.15, 0.2) is 42.0 Å². The van der Waals surface area contributed by atoms with Gasteiger partial charge < -0.3 is 20.7 Å². The first-order valence-electron chi connectivity index (χ1n) is 11.4. The minimum Gasteiger partial charge on any atom is -0.394 e. The highest BCUT2D eigenvalue weighted by Gasteiger charge is 2.22. The molecule has 1 aromatic carbocycles. The van der Waals surface area contributed by atoms with Gasteiger partial charge in [-0.2, -0.15) is 5.10 Å². The quantitative estimate of drug-likeness (QED) is 0.240. The molecule has 0 aliphatic rings. The van der Waals surface area contributed by atoms with Gasteiger partial charge in [0.05, 0.1) is 12.6 Å². The topological polar surface area (TPSA) is 106 Å². The summed E-state index contributed by atoms with van der Waals surface area (Å²) in [6, 6.07) is 7.08. The summed E-state index contributed by atoms with van der Waals surface area (Å²) in [6.45, 7) is 16.0. The molecule has 1 aromatic rings. The highest BCUT2D eigenvalue weighted by atomic mass is 32.1. The van der Waals surface area contributed by atoms with E-state index in [0.717, 1.165) is 18.4 Å². The van der Waals surface area contributed by atoms with E-state index in [9.17, 15) is 14.7 Å². The Morgan fingerprint density at radius 3 is 2.29 bits per heavy atom. The van der Waals surface area contributed by atoms with Crippen molar-refractivity contribution < 1.29 is 14.7 Å². The number of aliphatic hydroxyl groups is 1. The van der Waals surface area contributed by atoms with E-state index in [1.54, 1.807) is 24.1 Å². The van der Waals surface area contributed by atoms with Crippen LogP contribution in [0.3, 0.4) is 0 Å². The number of amides is 2. The Morgan fingerprint density at radius 2 is 1.85 bits per heavy atom. The fraction of sp³-hybridized carbons (Fsp3) is 0.520. The van der Waals surface area contributed by atoms with Gasteiger partial charge in [-0.25, -0.2) is 0 Å². The second-order valence-corrected chi connectivity index (χ2v) is 9.25. The predicted molar refractivity (Wildman–Crippen MR) is 144 cm³/mol. The molecule has 0 saturated carbocycles. The molecule has 9 heteroatoms. The van der Waals surface area contributed by atoms with E-state index in [1.807, 2.05) is 46.8 Å². The molecule has 34 heavy (non-hydrogen) atoms. The first-order chi connectivity index (χ1) is 15.9. The number of benzene rings is 1. The van der Waals surface area contributed by atoms with E-state index in [1.165, 1.54) is 6.08 Å². The summed E-state index contributed by atoms with van der Waals surface area (Å²) in [5, 5.41) is 19.0. The number of hydrazone groups is 1. The van der Waals surface area contributed by atoms with Crippen molar-refractivity contribution in [3.05, 3.63) is 48.0 Å². The summed E-state index contributed by atoms with van der Waals surface area (Å²) in [7, 11) is 1.66. The second kappa shape index (κ2) is 16.0. The minimum absolute atomic E-state index is 0.0629. The fourth-order valence-electron chi connectivity index (χ4n) is 2.45. The van der Waals surface area contributed by atoms with Gasteiger partial charge in [0.1, 0.15) is 5.71 Å². The van der Waals surface area contributed by atoms with Crippen molar-refractivity contribution in [1.82, 2.24) is 21.0 Å². The molecule has 1 rings (SSSR count). The Bertz CT molecular complexity index is 832. The first-order valence-corrected chi connectivity index (χ1v) is 11.8. The van der Waals surface area contributed by atoms with Gasteiger partial charge in [0.2, 0.25) is 0 Å². The van der Waals surface area contributed by atoms with E-state index >= 15 is 0 Å². The second-order valence-electron chi connectivity index (χ2n) is 8.85. The Morgan fingerprint density at radius 1 is 1.26 bits per heavy atom. The standard InChI is InChI=1S/C15H29N3O2.C10H12N2OS/c1-7-9-10-18(12(3)11-19)14(20)13(8-2)16-17-15(4,5)6;1-7-3-5-8(6-4-7)9(13)12-10(14)11-2/h8,12,17,19H,2,7,9-11H2,1,3-6H3;3-6H,1-2H3,(H2,11,12,13,14)/b16-13+;. The summed E-state index contributed by atoms with van der Waals surface area (Å²) >= 11 is 4.81. The molecule has 0 aliphatic heterocycles. The van der Waals surface area contributed by atoms with Crippen molar-refractivity contribution in [2.24, 2.45) is 5.10 Å². The summed E-state index contributed by atoms with van der Waals surface area (Å²) in [4.78, 5) is 25.6. The smallest absolute Gasteiger partial charge is 0.274 e. The van der Waals surface area contributed by atoms with E-state index in [2.05, 4.69) is 34.7 Å². The Labute approximate surface area is 209 Å². The SMILES string of the molecule is C=C/C(=N\NC(C)(C)C)C(=O)N(CCCC)C(C)CO.CNC(=S)NC(=O)c1ccc(C)cc1. The van der Waals surface area contributed by atoms with Crippen molar-refractivity contribution >= 4 is 34.9 Å². The lowest BCUT2D eigenvalue weighted by atomic mass is 10.1. The molecular formula is C25H41N5O3S. The molecule has 190 valence electrons. The van der Waals surface area contributed by atoms with Crippen LogP contribution in [0.25, 0.3) is 0 Å². The number of aliphatic hydroxyl groups excluding tert-OH is 1. The van der Waals surface area contributed by atoms with Crippen LogP contribution in [-0.4, -0.2) is 64.4 Å². The van der Waals surface area contributed by atoms with E-state index in [-0.39, 0.29) is 35.7 Å². The Kier molecular flexibility index (Phi) is 14.6. The molecule has 0 radical (unpaired) electrons. The van der Waals surface area contributed by atoms with Crippen LogP contribution in [0.1, 0.15) is 63.4 Å². The predicted octanol–water partition coefficient (Wildman–Crippen LogP) is 3.16. The normalized spacial score (nSPS) is 11.9. The zero-order chi connectivity index (χ0) is 26.3. The molecule has 0 saturated heterocycles. The molecule has 0 fully saturated rings. The van der Waals surface area contributed by atoms with Crippen molar-refractivity contribution in [1.29, 1.82) is 0 Å². The number of carbonyl (C=O) groups is 2. The molecule has 0 heterocycles. The van der Waals surface area contributed by atoms with Crippen LogP contribution < -0.4 is 16.1 Å². The third kappa shape index (κ3) is 12.5. The average molecular weight is 492 g/mol. The highest BCUT2D eigenvalue weighted by molar-refractivity contribution is 7.80. The Hall–Kier alpha value is -2.78. The Balaban J connectivity index is 0.000000679. The number of aryl methyl sites for hydroxylation is 1. The van der Waals surface area contributed by atoms with Crippen molar-refractivity contribution in [3.8, 4) is 0 Å². The molecule has 0 aromatic heterocycles. The first kappa shape index (κ1) is 31.2. The van der Waals surface area contributed by atoms with Gasteiger partial charge in [0.15, 0.2) is 5.11 Å². The molecule has 0 aliphatic carbocycles. The van der Waals surface area contributed by atoms with Gasteiger partial charge in [-0.05, 0) is 71.5 Å². The van der Waals surface area contributed by atoms with Gasteiger partial charge in [0, 0.05) is 24.7 Å². The molecular weight excluding hydrogens is 450 g/mol. The summed E-state index contributed by atoms with van der Waals surface area (Å²) in [5.74, 6) is -0.392. The van der Waals surface area contributed by atoms with E-state index < -0.39 is 0 Å². The summed E-state index contributed by atoms with van der Waals surface area (Å²) in [6.07, 6.45) is 3.33. The highest BCUT2D eigenvalue weighted by Crippen LogP contribution is 2.06. The zero-order valence-electron chi connectivity index (χ0n) is 21.6. The minimum atomic E-state index is -0.228. The maximum atomic E-state index is 12.5. The third-order valence-electron chi connectivity index (χ3n) is 4.50. The van der Waals surface area contributed by atoms with Crippen molar-refractivity contribution in [3.63, 3.8) is 0 Å².